The van der Waals surface area contributed by atoms with Crippen LogP contribution in [0.25, 0.3) is 0 Å². The number of nitrogens with zero attached hydrogens (tertiary/aromatic N) is 1. The lowest BCUT2D eigenvalue weighted by Gasteiger charge is -2.08. The van der Waals surface area contributed by atoms with Crippen LogP contribution < -0.4 is 10.5 Å². The summed E-state index contributed by atoms with van der Waals surface area (Å²) in [5, 5.41) is 11.3. The Morgan fingerprint density at radius 3 is 2.78 bits per heavy atom. The van der Waals surface area contributed by atoms with Crippen LogP contribution in [0.2, 0.25) is 0 Å². The lowest BCUT2D eigenvalue weighted by atomic mass is 10.2. The van der Waals surface area contributed by atoms with Crippen molar-refractivity contribution < 1.29 is 14.3 Å². The molecule has 0 aromatic heterocycles. The predicted molar refractivity (Wildman–Crippen MR) is 68.5 cm³/mol. The SMILES string of the molecule is CCCCCCOc1ccc(/C(N)=N/O)cc1F. The number of ether oxygens (including phenoxy) is 1. The molecule has 0 spiro atoms. The largest absolute Gasteiger partial charge is 0.491 e. The normalized spacial score (nSPS) is 11.6. The molecule has 0 fully saturated rings. The molecule has 0 aliphatic heterocycles. The van der Waals surface area contributed by atoms with Gasteiger partial charge < -0.3 is 15.7 Å². The monoisotopic (exact) mass is 254 g/mol. The maximum Gasteiger partial charge on any atom is 0.170 e. The molecule has 1 aromatic rings. The highest BCUT2D eigenvalue weighted by Crippen LogP contribution is 2.18. The zero-order valence-corrected chi connectivity index (χ0v) is 10.5. The Bertz CT molecular complexity index is 408. The standard InChI is InChI=1S/C13H19FN2O2/c1-2-3-4-5-8-18-12-7-6-10(9-11(12)14)13(15)16-17/h6-7,9,17H,2-5,8H2,1H3,(H2,15,16). The molecule has 0 bridgehead atoms. The van der Waals surface area contributed by atoms with Gasteiger partial charge in [-0.25, -0.2) is 4.39 Å². The van der Waals surface area contributed by atoms with Gasteiger partial charge in [0.1, 0.15) is 0 Å². The molecule has 4 nitrogen and oxygen atoms in total. The first-order valence-corrected chi connectivity index (χ1v) is 6.09. The number of rotatable bonds is 7. The molecule has 0 saturated heterocycles. The molecule has 3 N–H and O–H groups in total. The highest BCUT2D eigenvalue weighted by Gasteiger charge is 2.07. The molecule has 0 radical (unpaired) electrons. The third kappa shape index (κ3) is 4.24. The Kier molecular flexibility index (Phi) is 5.97. The molecule has 1 rings (SSSR count). The van der Waals surface area contributed by atoms with Gasteiger partial charge in [-0.2, -0.15) is 0 Å². The fraction of sp³-hybridized carbons (Fsp3) is 0.462. The molecular formula is C13H19FN2O2. The minimum Gasteiger partial charge on any atom is -0.491 e. The van der Waals surface area contributed by atoms with Crippen molar-refractivity contribution in [1.82, 2.24) is 0 Å². The van der Waals surface area contributed by atoms with Gasteiger partial charge in [-0.3, -0.25) is 0 Å². The molecule has 0 saturated carbocycles. The first-order valence-electron chi connectivity index (χ1n) is 6.09. The molecule has 100 valence electrons. The number of hydrogen-bond acceptors (Lipinski definition) is 3. The van der Waals surface area contributed by atoms with Gasteiger partial charge in [-0.1, -0.05) is 31.3 Å². The van der Waals surface area contributed by atoms with Crippen LogP contribution in [0, 0.1) is 5.82 Å². The van der Waals surface area contributed by atoms with Gasteiger partial charge in [0.05, 0.1) is 6.61 Å². The molecule has 0 amide bonds. The number of halogens is 1. The van der Waals surface area contributed by atoms with Crippen LogP contribution in [-0.2, 0) is 0 Å². The van der Waals surface area contributed by atoms with Crippen molar-refractivity contribution in [3.05, 3.63) is 29.6 Å². The van der Waals surface area contributed by atoms with Crippen LogP contribution in [0.1, 0.15) is 38.2 Å². The van der Waals surface area contributed by atoms with E-state index in [2.05, 4.69) is 12.1 Å². The highest BCUT2D eigenvalue weighted by atomic mass is 19.1. The van der Waals surface area contributed by atoms with E-state index in [1.54, 1.807) is 6.07 Å². The van der Waals surface area contributed by atoms with Gasteiger partial charge in [0, 0.05) is 5.56 Å². The van der Waals surface area contributed by atoms with E-state index in [0.29, 0.717) is 12.2 Å². The lowest BCUT2D eigenvalue weighted by molar-refractivity contribution is 0.290. The summed E-state index contributed by atoms with van der Waals surface area (Å²) in [7, 11) is 0. The van der Waals surface area contributed by atoms with E-state index in [1.165, 1.54) is 12.1 Å². The third-order valence-electron chi connectivity index (χ3n) is 2.59. The van der Waals surface area contributed by atoms with Gasteiger partial charge in [0.2, 0.25) is 0 Å². The van der Waals surface area contributed by atoms with Gasteiger partial charge in [-0.05, 0) is 24.6 Å². The van der Waals surface area contributed by atoms with E-state index < -0.39 is 5.82 Å². The molecule has 0 aliphatic carbocycles. The van der Waals surface area contributed by atoms with Crippen LogP contribution in [0.5, 0.6) is 5.75 Å². The molecule has 0 heterocycles. The van der Waals surface area contributed by atoms with E-state index in [1.807, 2.05) is 0 Å². The van der Waals surface area contributed by atoms with Crippen LogP contribution in [-0.4, -0.2) is 17.6 Å². The maximum atomic E-state index is 13.6. The zero-order valence-electron chi connectivity index (χ0n) is 10.5. The van der Waals surface area contributed by atoms with E-state index >= 15 is 0 Å². The highest BCUT2D eigenvalue weighted by molar-refractivity contribution is 5.97. The molecular weight excluding hydrogens is 235 g/mol. The van der Waals surface area contributed by atoms with Crippen molar-refractivity contribution in [2.75, 3.05) is 6.61 Å². The summed E-state index contributed by atoms with van der Waals surface area (Å²) in [6.07, 6.45) is 4.31. The maximum absolute atomic E-state index is 13.6. The minimum absolute atomic E-state index is 0.122. The second kappa shape index (κ2) is 7.53. The number of amidine groups is 1. The summed E-state index contributed by atoms with van der Waals surface area (Å²) in [5.74, 6) is -0.432. The van der Waals surface area contributed by atoms with Gasteiger partial charge in [0.15, 0.2) is 17.4 Å². The van der Waals surface area contributed by atoms with Gasteiger partial charge >= 0.3 is 0 Å². The Hall–Kier alpha value is -1.78. The molecule has 0 unspecified atom stereocenters. The van der Waals surface area contributed by atoms with Gasteiger partial charge in [-0.15, -0.1) is 0 Å². The molecule has 0 atom stereocenters. The third-order valence-corrected chi connectivity index (χ3v) is 2.59. The number of nitrogens with two attached hydrogens (primary N) is 1. The summed E-state index contributed by atoms with van der Waals surface area (Å²) in [6.45, 7) is 2.63. The van der Waals surface area contributed by atoms with E-state index in [9.17, 15) is 4.39 Å². The predicted octanol–water partition coefficient (Wildman–Crippen LogP) is 2.88. The van der Waals surface area contributed by atoms with Crippen LogP contribution in [0.15, 0.2) is 23.4 Å². The summed E-state index contributed by atoms with van der Waals surface area (Å²) in [5.41, 5.74) is 5.69. The molecule has 18 heavy (non-hydrogen) atoms. The number of unbranched alkanes of at least 4 members (excludes halogenated alkanes) is 3. The smallest absolute Gasteiger partial charge is 0.170 e. The van der Waals surface area contributed by atoms with E-state index in [4.69, 9.17) is 15.7 Å². The Balaban J connectivity index is 2.52. The fourth-order valence-corrected chi connectivity index (χ4v) is 1.55. The minimum atomic E-state index is -0.505. The van der Waals surface area contributed by atoms with Crippen molar-refractivity contribution in [2.45, 2.75) is 32.6 Å². The van der Waals surface area contributed by atoms with Crippen molar-refractivity contribution in [2.24, 2.45) is 10.9 Å². The second-order valence-electron chi connectivity index (χ2n) is 4.04. The van der Waals surface area contributed by atoms with Crippen LogP contribution >= 0.6 is 0 Å². The lowest BCUT2D eigenvalue weighted by Crippen LogP contribution is -2.13. The summed E-state index contributed by atoms with van der Waals surface area (Å²) in [4.78, 5) is 0. The van der Waals surface area contributed by atoms with E-state index in [-0.39, 0.29) is 11.6 Å². The Morgan fingerprint density at radius 2 is 2.17 bits per heavy atom. The van der Waals surface area contributed by atoms with E-state index in [0.717, 1.165) is 25.7 Å². The Labute approximate surface area is 106 Å². The van der Waals surface area contributed by atoms with Crippen LogP contribution in [0.3, 0.4) is 0 Å². The number of hydrogen-bond donors (Lipinski definition) is 2. The van der Waals surface area contributed by atoms with Gasteiger partial charge in [0.25, 0.3) is 0 Å². The molecule has 5 heteroatoms. The first-order chi connectivity index (χ1) is 8.69. The topological polar surface area (TPSA) is 67.8 Å². The molecule has 1 aromatic carbocycles. The average molecular weight is 254 g/mol. The van der Waals surface area contributed by atoms with Crippen LogP contribution in [0.4, 0.5) is 4.39 Å². The average Bonchev–Trinajstić information content (AvgIpc) is 2.39. The number of oxime groups is 1. The van der Waals surface area contributed by atoms with Crippen molar-refractivity contribution in [1.29, 1.82) is 0 Å². The fourth-order valence-electron chi connectivity index (χ4n) is 1.55. The van der Waals surface area contributed by atoms with Crippen molar-refractivity contribution in [3.8, 4) is 5.75 Å². The first kappa shape index (κ1) is 14.3. The molecule has 0 aliphatic rings. The second-order valence-corrected chi connectivity index (χ2v) is 4.04. The number of benzene rings is 1. The zero-order chi connectivity index (χ0) is 13.4. The summed E-state index contributed by atoms with van der Waals surface area (Å²) >= 11 is 0. The summed E-state index contributed by atoms with van der Waals surface area (Å²) in [6, 6.07) is 4.23. The quantitative estimate of drug-likeness (QED) is 0.258. The summed E-state index contributed by atoms with van der Waals surface area (Å²) < 4.78 is 18.9. The van der Waals surface area contributed by atoms with Crippen molar-refractivity contribution in [3.63, 3.8) is 0 Å². The van der Waals surface area contributed by atoms with Crippen molar-refractivity contribution >= 4 is 5.84 Å². The Morgan fingerprint density at radius 1 is 1.39 bits per heavy atom.